The number of amides is 3. The molecule has 1 aliphatic heterocycles. The van der Waals surface area contributed by atoms with E-state index in [1.165, 1.54) is 11.8 Å². The maximum Gasteiger partial charge on any atom is 0.409 e. The van der Waals surface area contributed by atoms with Gasteiger partial charge in [-0.1, -0.05) is 17.7 Å². The van der Waals surface area contributed by atoms with E-state index in [0.29, 0.717) is 32.5 Å². The van der Waals surface area contributed by atoms with Gasteiger partial charge in [-0.15, -0.1) is 11.8 Å². The second kappa shape index (κ2) is 10.9. The van der Waals surface area contributed by atoms with Crippen LogP contribution in [0.15, 0.2) is 24.3 Å². The second-order valence-electron chi connectivity index (χ2n) is 6.84. The van der Waals surface area contributed by atoms with Gasteiger partial charge in [-0.05, 0) is 45.7 Å². The summed E-state index contributed by atoms with van der Waals surface area (Å²) in [5.41, 5.74) is 1.88. The minimum Gasteiger partial charge on any atom is -0.450 e. The summed E-state index contributed by atoms with van der Waals surface area (Å²) in [5.74, 6) is 0.00278. The molecule has 0 aromatic heterocycles. The third-order valence-corrected chi connectivity index (χ3v) is 5.68. The summed E-state index contributed by atoms with van der Waals surface area (Å²) >= 11 is 1.31. The van der Waals surface area contributed by atoms with E-state index in [1.807, 2.05) is 31.2 Å². The van der Waals surface area contributed by atoms with Gasteiger partial charge < -0.3 is 20.3 Å². The first-order valence-corrected chi connectivity index (χ1v) is 10.6. The molecule has 1 aromatic rings. The van der Waals surface area contributed by atoms with Crippen molar-refractivity contribution in [3.8, 4) is 0 Å². The topological polar surface area (TPSA) is 87.7 Å². The van der Waals surface area contributed by atoms with E-state index in [4.69, 9.17) is 4.74 Å². The molecule has 0 radical (unpaired) electrons. The standard InChI is InChI=1S/C20H29N3O4S/c1-4-27-20(26)23-11-9-17(10-12-23)22-19(25)15(3)28-13-18(24)21-16-7-5-14(2)6-8-16/h5-8,15,17H,4,9-13H2,1-3H3,(H,21,24)(H,22,25). The number of carbonyl (C=O) groups is 3. The number of ether oxygens (including phenoxy) is 1. The van der Waals surface area contributed by atoms with Crippen LogP contribution in [-0.2, 0) is 14.3 Å². The molecule has 1 heterocycles. The largest absolute Gasteiger partial charge is 0.450 e. The summed E-state index contributed by atoms with van der Waals surface area (Å²) in [4.78, 5) is 37.8. The predicted molar refractivity (Wildman–Crippen MR) is 111 cm³/mol. The average molecular weight is 408 g/mol. The number of nitrogens with zero attached hydrogens (tertiary/aromatic N) is 1. The SMILES string of the molecule is CCOC(=O)N1CCC(NC(=O)C(C)SCC(=O)Nc2ccc(C)cc2)CC1. The van der Waals surface area contributed by atoms with Crippen molar-refractivity contribution in [1.29, 1.82) is 0 Å². The van der Waals surface area contributed by atoms with E-state index in [9.17, 15) is 14.4 Å². The highest BCUT2D eigenvalue weighted by atomic mass is 32.2. The number of thioether (sulfide) groups is 1. The molecule has 1 aromatic carbocycles. The van der Waals surface area contributed by atoms with Gasteiger partial charge in [-0.3, -0.25) is 9.59 Å². The molecule has 0 aliphatic carbocycles. The third kappa shape index (κ3) is 7.07. The molecule has 1 saturated heterocycles. The van der Waals surface area contributed by atoms with Crippen LogP contribution in [-0.4, -0.2) is 59.5 Å². The van der Waals surface area contributed by atoms with Crippen molar-refractivity contribution in [3.63, 3.8) is 0 Å². The lowest BCUT2D eigenvalue weighted by atomic mass is 10.1. The first kappa shape index (κ1) is 22.1. The molecule has 2 N–H and O–H groups in total. The zero-order chi connectivity index (χ0) is 20.5. The number of benzene rings is 1. The van der Waals surface area contributed by atoms with Crippen LogP contribution in [0.3, 0.4) is 0 Å². The Balaban J connectivity index is 1.68. The number of piperidine rings is 1. The van der Waals surface area contributed by atoms with Gasteiger partial charge in [0.25, 0.3) is 0 Å². The lowest BCUT2D eigenvalue weighted by Gasteiger charge is -2.32. The van der Waals surface area contributed by atoms with E-state index >= 15 is 0 Å². The van der Waals surface area contributed by atoms with E-state index in [2.05, 4.69) is 10.6 Å². The van der Waals surface area contributed by atoms with Gasteiger partial charge in [0.05, 0.1) is 17.6 Å². The summed E-state index contributed by atoms with van der Waals surface area (Å²) in [7, 11) is 0. The molecule has 8 heteroatoms. The first-order valence-electron chi connectivity index (χ1n) is 9.59. The Labute approximate surface area is 170 Å². The number of nitrogens with one attached hydrogen (secondary N) is 2. The van der Waals surface area contributed by atoms with Crippen LogP contribution < -0.4 is 10.6 Å². The lowest BCUT2D eigenvalue weighted by Crippen LogP contribution is -2.48. The van der Waals surface area contributed by atoms with Crippen molar-refractivity contribution < 1.29 is 19.1 Å². The van der Waals surface area contributed by atoms with Gasteiger partial charge in [-0.2, -0.15) is 0 Å². The summed E-state index contributed by atoms with van der Waals surface area (Å²) in [5, 5.41) is 5.52. The molecule has 1 fully saturated rings. The minimum atomic E-state index is -0.327. The average Bonchev–Trinajstić information content (AvgIpc) is 2.68. The van der Waals surface area contributed by atoms with E-state index in [0.717, 1.165) is 11.3 Å². The molecule has 2 rings (SSSR count). The smallest absolute Gasteiger partial charge is 0.409 e. The number of hydrogen-bond acceptors (Lipinski definition) is 5. The van der Waals surface area contributed by atoms with Crippen molar-refractivity contribution >= 4 is 35.4 Å². The van der Waals surface area contributed by atoms with Crippen LogP contribution >= 0.6 is 11.8 Å². The maximum absolute atomic E-state index is 12.4. The molecule has 0 spiro atoms. The quantitative estimate of drug-likeness (QED) is 0.726. The molecule has 154 valence electrons. The number of aryl methyl sites for hydroxylation is 1. The van der Waals surface area contributed by atoms with Crippen molar-refractivity contribution in [2.24, 2.45) is 0 Å². The predicted octanol–water partition coefficient (Wildman–Crippen LogP) is 2.79. The van der Waals surface area contributed by atoms with Gasteiger partial charge in [0.2, 0.25) is 11.8 Å². The Hall–Kier alpha value is -2.22. The lowest BCUT2D eigenvalue weighted by molar-refractivity contribution is -0.121. The molecule has 0 bridgehead atoms. The number of likely N-dealkylation sites (tertiary alicyclic amines) is 1. The number of hydrogen-bond donors (Lipinski definition) is 2. The highest BCUT2D eigenvalue weighted by Crippen LogP contribution is 2.16. The molecule has 28 heavy (non-hydrogen) atoms. The van der Waals surface area contributed by atoms with Gasteiger partial charge in [0.1, 0.15) is 0 Å². The van der Waals surface area contributed by atoms with Crippen LogP contribution in [0.4, 0.5) is 10.5 Å². The summed E-state index contributed by atoms with van der Waals surface area (Å²) in [6.45, 7) is 7.08. The van der Waals surface area contributed by atoms with Crippen molar-refractivity contribution in [2.75, 3.05) is 30.8 Å². The number of rotatable bonds is 7. The van der Waals surface area contributed by atoms with Crippen LogP contribution in [0.2, 0.25) is 0 Å². The van der Waals surface area contributed by atoms with Crippen molar-refractivity contribution in [1.82, 2.24) is 10.2 Å². The monoisotopic (exact) mass is 407 g/mol. The van der Waals surface area contributed by atoms with Crippen LogP contribution in [0.1, 0.15) is 32.3 Å². The fourth-order valence-corrected chi connectivity index (χ4v) is 3.54. The van der Waals surface area contributed by atoms with E-state index in [-0.39, 0.29) is 35.0 Å². The van der Waals surface area contributed by atoms with Gasteiger partial charge in [0.15, 0.2) is 0 Å². The van der Waals surface area contributed by atoms with E-state index in [1.54, 1.807) is 18.7 Å². The second-order valence-corrected chi connectivity index (χ2v) is 8.17. The first-order chi connectivity index (χ1) is 13.4. The molecule has 0 saturated carbocycles. The van der Waals surface area contributed by atoms with Gasteiger partial charge in [-0.25, -0.2) is 4.79 Å². The summed E-state index contributed by atoms with van der Waals surface area (Å²) in [6.07, 6.45) is 1.11. The summed E-state index contributed by atoms with van der Waals surface area (Å²) in [6, 6.07) is 7.63. The number of anilines is 1. The molecular formula is C20H29N3O4S. The molecular weight excluding hydrogens is 378 g/mol. The van der Waals surface area contributed by atoms with Gasteiger partial charge >= 0.3 is 6.09 Å². The summed E-state index contributed by atoms with van der Waals surface area (Å²) < 4.78 is 5.00. The zero-order valence-corrected chi connectivity index (χ0v) is 17.5. The van der Waals surface area contributed by atoms with Gasteiger partial charge in [0, 0.05) is 24.8 Å². The minimum absolute atomic E-state index is 0.0441. The highest BCUT2D eigenvalue weighted by Gasteiger charge is 2.26. The Kier molecular flexibility index (Phi) is 8.63. The zero-order valence-electron chi connectivity index (χ0n) is 16.7. The van der Waals surface area contributed by atoms with Crippen LogP contribution in [0.5, 0.6) is 0 Å². The van der Waals surface area contributed by atoms with Crippen LogP contribution in [0, 0.1) is 6.92 Å². The van der Waals surface area contributed by atoms with Crippen LogP contribution in [0.25, 0.3) is 0 Å². The molecule has 1 atom stereocenters. The Morgan fingerprint density at radius 1 is 1.21 bits per heavy atom. The Morgan fingerprint density at radius 2 is 1.86 bits per heavy atom. The molecule has 7 nitrogen and oxygen atoms in total. The fourth-order valence-electron chi connectivity index (χ4n) is 2.85. The number of carbonyl (C=O) groups excluding carboxylic acids is 3. The Morgan fingerprint density at radius 3 is 2.46 bits per heavy atom. The molecule has 3 amide bonds. The van der Waals surface area contributed by atoms with Crippen molar-refractivity contribution in [3.05, 3.63) is 29.8 Å². The normalized spacial score (nSPS) is 15.6. The highest BCUT2D eigenvalue weighted by molar-refractivity contribution is 8.01. The van der Waals surface area contributed by atoms with Crippen molar-refractivity contribution in [2.45, 2.75) is 44.9 Å². The van der Waals surface area contributed by atoms with E-state index < -0.39 is 0 Å². The third-order valence-electron chi connectivity index (χ3n) is 4.54. The Bertz CT molecular complexity index is 673. The molecule has 1 aliphatic rings. The fraction of sp³-hybridized carbons (Fsp3) is 0.550. The molecule has 1 unspecified atom stereocenters. The maximum atomic E-state index is 12.4.